The number of hydrogen-bond acceptors (Lipinski definition) is 2. The fourth-order valence-corrected chi connectivity index (χ4v) is 3.00. The predicted molar refractivity (Wildman–Crippen MR) is 96.8 cm³/mol. The summed E-state index contributed by atoms with van der Waals surface area (Å²) < 4.78 is 25.8. The molecule has 0 saturated carbocycles. The molecule has 0 unspecified atom stereocenters. The molecule has 0 bridgehead atoms. The van der Waals surface area contributed by atoms with Gasteiger partial charge in [-0.05, 0) is 41.8 Å². The molecule has 26 heavy (non-hydrogen) atoms. The Hall–Kier alpha value is -2.47. The molecule has 1 N–H and O–H groups in total. The first-order chi connectivity index (χ1) is 12.6. The maximum atomic E-state index is 12.9. The molecule has 1 saturated heterocycles. The summed E-state index contributed by atoms with van der Waals surface area (Å²) in [4.78, 5) is 16.4. The number of nitrogens with zero attached hydrogens (tertiary/aromatic N) is 2. The van der Waals surface area contributed by atoms with Gasteiger partial charge in [-0.25, -0.2) is 13.6 Å². The molecule has 2 amide bonds. The van der Waals surface area contributed by atoms with Crippen LogP contribution in [-0.2, 0) is 13.0 Å². The van der Waals surface area contributed by atoms with E-state index in [1.165, 1.54) is 24.3 Å². The zero-order chi connectivity index (χ0) is 18.4. The summed E-state index contributed by atoms with van der Waals surface area (Å²) in [6.45, 7) is 4.30. The van der Waals surface area contributed by atoms with Crippen molar-refractivity contribution in [2.45, 2.75) is 13.0 Å². The number of rotatable bonds is 5. The minimum absolute atomic E-state index is 0.0903. The molecule has 1 fully saturated rings. The SMILES string of the molecule is O=C(NCc1ccc(F)cc1)N1CCN(CCc2ccc(F)cc2)CC1. The summed E-state index contributed by atoms with van der Waals surface area (Å²) in [7, 11) is 0. The van der Waals surface area contributed by atoms with Crippen LogP contribution in [0, 0.1) is 11.6 Å². The van der Waals surface area contributed by atoms with Crippen LogP contribution in [0.5, 0.6) is 0 Å². The molecule has 0 spiro atoms. The lowest BCUT2D eigenvalue weighted by Crippen LogP contribution is -2.51. The summed E-state index contributed by atoms with van der Waals surface area (Å²) in [6, 6.07) is 12.6. The van der Waals surface area contributed by atoms with Gasteiger partial charge in [0.15, 0.2) is 0 Å². The van der Waals surface area contributed by atoms with Gasteiger partial charge in [-0.15, -0.1) is 0 Å². The Kier molecular flexibility index (Phi) is 6.17. The standard InChI is InChI=1S/C20H23F2N3O/c21-18-5-1-16(2-6-18)9-10-24-11-13-25(14-12-24)20(26)23-15-17-3-7-19(22)8-4-17/h1-8H,9-15H2,(H,23,26). The maximum absolute atomic E-state index is 12.9. The van der Waals surface area contributed by atoms with Crippen molar-refractivity contribution < 1.29 is 13.6 Å². The van der Waals surface area contributed by atoms with Crippen molar-refractivity contribution >= 4 is 6.03 Å². The third-order valence-corrected chi connectivity index (χ3v) is 4.65. The van der Waals surface area contributed by atoms with E-state index in [0.717, 1.165) is 37.2 Å². The van der Waals surface area contributed by atoms with Crippen LogP contribution in [0.1, 0.15) is 11.1 Å². The normalized spacial score (nSPS) is 15.1. The smallest absolute Gasteiger partial charge is 0.317 e. The Balaban J connectivity index is 1.38. The fourth-order valence-electron chi connectivity index (χ4n) is 3.00. The third kappa shape index (κ3) is 5.26. The van der Waals surface area contributed by atoms with E-state index in [1.54, 1.807) is 17.0 Å². The molecule has 138 valence electrons. The predicted octanol–water partition coefficient (Wildman–Crippen LogP) is 3.03. The summed E-state index contributed by atoms with van der Waals surface area (Å²) in [5.74, 6) is -0.495. The molecular weight excluding hydrogens is 336 g/mol. The summed E-state index contributed by atoms with van der Waals surface area (Å²) in [5.41, 5.74) is 1.99. The topological polar surface area (TPSA) is 35.6 Å². The van der Waals surface area contributed by atoms with Crippen molar-refractivity contribution in [3.05, 3.63) is 71.3 Å². The van der Waals surface area contributed by atoms with Crippen LogP contribution in [0.15, 0.2) is 48.5 Å². The minimum atomic E-state index is -0.281. The number of benzene rings is 2. The lowest BCUT2D eigenvalue weighted by Gasteiger charge is -2.34. The number of carbonyl (C=O) groups excluding carboxylic acids is 1. The fraction of sp³-hybridized carbons (Fsp3) is 0.350. The van der Waals surface area contributed by atoms with Crippen LogP contribution < -0.4 is 5.32 Å². The zero-order valence-electron chi connectivity index (χ0n) is 14.6. The molecule has 1 aliphatic rings. The molecular formula is C20H23F2N3O. The van der Waals surface area contributed by atoms with Crippen LogP contribution in [0.2, 0.25) is 0 Å². The van der Waals surface area contributed by atoms with Gasteiger partial charge in [0.25, 0.3) is 0 Å². The van der Waals surface area contributed by atoms with Gasteiger partial charge in [0.05, 0.1) is 0 Å². The van der Waals surface area contributed by atoms with Crippen molar-refractivity contribution in [1.82, 2.24) is 15.1 Å². The average Bonchev–Trinajstić information content (AvgIpc) is 2.67. The molecule has 2 aromatic carbocycles. The summed E-state index contributed by atoms with van der Waals surface area (Å²) in [5, 5.41) is 2.88. The van der Waals surface area contributed by atoms with Gasteiger partial charge in [-0.1, -0.05) is 24.3 Å². The highest BCUT2D eigenvalue weighted by atomic mass is 19.1. The Morgan fingerprint density at radius 2 is 1.38 bits per heavy atom. The molecule has 1 heterocycles. The second-order valence-electron chi connectivity index (χ2n) is 6.49. The van der Waals surface area contributed by atoms with E-state index in [4.69, 9.17) is 0 Å². The maximum Gasteiger partial charge on any atom is 0.317 e. The van der Waals surface area contributed by atoms with E-state index >= 15 is 0 Å². The zero-order valence-corrected chi connectivity index (χ0v) is 14.6. The Labute approximate surface area is 152 Å². The van der Waals surface area contributed by atoms with E-state index < -0.39 is 0 Å². The van der Waals surface area contributed by atoms with Crippen LogP contribution in [0.3, 0.4) is 0 Å². The van der Waals surface area contributed by atoms with Crippen LogP contribution in [0.25, 0.3) is 0 Å². The van der Waals surface area contributed by atoms with Gasteiger partial charge in [0.1, 0.15) is 11.6 Å². The van der Waals surface area contributed by atoms with Crippen molar-refractivity contribution in [1.29, 1.82) is 0 Å². The lowest BCUT2D eigenvalue weighted by molar-refractivity contribution is 0.140. The average molecular weight is 359 g/mol. The second-order valence-corrected chi connectivity index (χ2v) is 6.49. The first-order valence-electron chi connectivity index (χ1n) is 8.84. The van der Waals surface area contributed by atoms with Crippen LogP contribution >= 0.6 is 0 Å². The van der Waals surface area contributed by atoms with Crippen molar-refractivity contribution in [2.24, 2.45) is 0 Å². The first-order valence-corrected chi connectivity index (χ1v) is 8.84. The van der Waals surface area contributed by atoms with Gasteiger partial charge in [0, 0.05) is 39.3 Å². The summed E-state index contributed by atoms with van der Waals surface area (Å²) in [6.07, 6.45) is 0.872. The van der Waals surface area contributed by atoms with E-state index in [-0.39, 0.29) is 17.7 Å². The largest absolute Gasteiger partial charge is 0.334 e. The monoisotopic (exact) mass is 359 g/mol. The summed E-state index contributed by atoms with van der Waals surface area (Å²) >= 11 is 0. The van der Waals surface area contributed by atoms with Crippen LogP contribution in [-0.4, -0.2) is 48.6 Å². The molecule has 0 atom stereocenters. The first kappa shape index (κ1) is 18.3. The molecule has 3 rings (SSSR count). The highest BCUT2D eigenvalue weighted by Crippen LogP contribution is 2.08. The molecule has 0 aliphatic carbocycles. The number of urea groups is 1. The van der Waals surface area contributed by atoms with Crippen molar-refractivity contribution in [2.75, 3.05) is 32.7 Å². The number of halogens is 2. The second kappa shape index (κ2) is 8.76. The number of piperazine rings is 1. The number of carbonyl (C=O) groups is 1. The molecule has 6 heteroatoms. The Morgan fingerprint density at radius 1 is 0.846 bits per heavy atom. The number of amides is 2. The third-order valence-electron chi connectivity index (χ3n) is 4.65. The van der Waals surface area contributed by atoms with E-state index in [9.17, 15) is 13.6 Å². The Morgan fingerprint density at radius 3 is 1.96 bits per heavy atom. The van der Waals surface area contributed by atoms with E-state index in [2.05, 4.69) is 10.2 Å². The van der Waals surface area contributed by atoms with Crippen LogP contribution in [0.4, 0.5) is 13.6 Å². The highest BCUT2D eigenvalue weighted by Gasteiger charge is 2.20. The molecule has 4 nitrogen and oxygen atoms in total. The number of hydrogen-bond donors (Lipinski definition) is 1. The lowest BCUT2D eigenvalue weighted by atomic mass is 10.1. The highest BCUT2D eigenvalue weighted by molar-refractivity contribution is 5.74. The van der Waals surface area contributed by atoms with Gasteiger partial charge in [-0.2, -0.15) is 0 Å². The van der Waals surface area contributed by atoms with E-state index in [1.807, 2.05) is 12.1 Å². The molecule has 0 aromatic heterocycles. The minimum Gasteiger partial charge on any atom is -0.334 e. The Bertz CT molecular complexity index is 711. The number of nitrogens with one attached hydrogen (secondary N) is 1. The van der Waals surface area contributed by atoms with Gasteiger partial charge >= 0.3 is 6.03 Å². The van der Waals surface area contributed by atoms with Gasteiger partial charge < -0.3 is 10.2 Å². The van der Waals surface area contributed by atoms with E-state index in [0.29, 0.717) is 19.6 Å². The molecule has 2 aromatic rings. The molecule has 0 radical (unpaired) electrons. The quantitative estimate of drug-likeness (QED) is 0.891. The van der Waals surface area contributed by atoms with Gasteiger partial charge in [-0.3, -0.25) is 4.90 Å². The van der Waals surface area contributed by atoms with Crippen molar-refractivity contribution in [3.8, 4) is 0 Å². The van der Waals surface area contributed by atoms with Gasteiger partial charge in [0.2, 0.25) is 0 Å². The van der Waals surface area contributed by atoms with Crippen molar-refractivity contribution in [3.63, 3.8) is 0 Å². The molecule has 1 aliphatic heterocycles.